The number of hydrogen-bond donors (Lipinski definition) is 0. The van der Waals surface area contributed by atoms with Crippen LogP contribution in [0, 0.1) is 11.8 Å². The van der Waals surface area contributed by atoms with Crippen LogP contribution >= 0.6 is 0 Å². The molecule has 0 aliphatic carbocycles. The Balaban J connectivity index is 3.97. The summed E-state index contributed by atoms with van der Waals surface area (Å²) in [7, 11) is 0. The Labute approximate surface area is 190 Å². The summed E-state index contributed by atoms with van der Waals surface area (Å²) in [6, 6.07) is 0. The van der Waals surface area contributed by atoms with Crippen LogP contribution < -0.4 is 0 Å². The van der Waals surface area contributed by atoms with Gasteiger partial charge in [0, 0.05) is 5.92 Å². The van der Waals surface area contributed by atoms with Crippen LogP contribution in [0.1, 0.15) is 156 Å². The number of rotatable bonds is 24. The molecule has 2 atom stereocenters. The lowest BCUT2D eigenvalue weighted by Crippen LogP contribution is -2.17. The topological polar surface area (TPSA) is 17.1 Å². The first-order valence-electron chi connectivity index (χ1n) is 13.9. The lowest BCUT2D eigenvalue weighted by molar-refractivity contribution is -0.113. The standard InChI is InChI=1S/C29H56O/c1-4-7-10-12-14-15-16-17-18-20-23-26-29(27-30)28(24-21-9-6-3)25-22-19-13-11-8-5-2/h5,8,27-29H,4,6-7,9-26H2,1-3H3. The zero-order valence-electron chi connectivity index (χ0n) is 21.1. The van der Waals surface area contributed by atoms with E-state index < -0.39 is 0 Å². The van der Waals surface area contributed by atoms with Gasteiger partial charge in [-0.1, -0.05) is 129 Å². The van der Waals surface area contributed by atoms with Gasteiger partial charge in [-0.05, 0) is 44.9 Å². The Hall–Kier alpha value is -0.590. The molecule has 1 nitrogen and oxygen atoms in total. The molecule has 0 heterocycles. The maximum atomic E-state index is 11.9. The van der Waals surface area contributed by atoms with E-state index in [9.17, 15) is 4.79 Å². The monoisotopic (exact) mass is 420 g/mol. The SMILES string of the molecule is CC=CCCCCCC(CCCCC)C(C=O)CCCCCCCCCCCCC. The van der Waals surface area contributed by atoms with Gasteiger partial charge in [0.15, 0.2) is 0 Å². The van der Waals surface area contributed by atoms with Crippen molar-refractivity contribution in [2.45, 2.75) is 156 Å². The van der Waals surface area contributed by atoms with Crippen molar-refractivity contribution in [2.75, 3.05) is 0 Å². The summed E-state index contributed by atoms with van der Waals surface area (Å²) < 4.78 is 0. The van der Waals surface area contributed by atoms with E-state index in [1.54, 1.807) is 0 Å². The van der Waals surface area contributed by atoms with Crippen LogP contribution in [0.2, 0.25) is 0 Å². The van der Waals surface area contributed by atoms with Crippen molar-refractivity contribution in [3.63, 3.8) is 0 Å². The molecule has 0 aromatic rings. The van der Waals surface area contributed by atoms with Gasteiger partial charge in [-0.25, -0.2) is 0 Å². The minimum absolute atomic E-state index is 0.316. The third-order valence-electron chi connectivity index (χ3n) is 6.78. The van der Waals surface area contributed by atoms with Crippen LogP contribution in [0.15, 0.2) is 12.2 Å². The summed E-state index contributed by atoms with van der Waals surface area (Å²) in [4.78, 5) is 11.9. The molecule has 0 radical (unpaired) electrons. The van der Waals surface area contributed by atoms with Crippen molar-refractivity contribution in [2.24, 2.45) is 11.8 Å². The second kappa shape index (κ2) is 24.7. The van der Waals surface area contributed by atoms with Crippen molar-refractivity contribution in [1.29, 1.82) is 0 Å². The van der Waals surface area contributed by atoms with Gasteiger partial charge in [0.1, 0.15) is 6.29 Å². The molecule has 1 heteroatoms. The Kier molecular flexibility index (Phi) is 24.2. The summed E-state index contributed by atoms with van der Waals surface area (Å²) in [6.07, 6.45) is 33.7. The molecule has 0 aliphatic heterocycles. The number of unbranched alkanes of at least 4 members (excludes halogenated alkanes) is 15. The minimum Gasteiger partial charge on any atom is -0.303 e. The van der Waals surface area contributed by atoms with Crippen LogP contribution in [-0.2, 0) is 4.79 Å². The van der Waals surface area contributed by atoms with E-state index in [0.29, 0.717) is 11.8 Å². The first kappa shape index (κ1) is 29.4. The van der Waals surface area contributed by atoms with E-state index in [4.69, 9.17) is 0 Å². The number of hydrogen-bond acceptors (Lipinski definition) is 1. The summed E-state index contributed by atoms with van der Waals surface area (Å²) in [5.41, 5.74) is 0. The maximum Gasteiger partial charge on any atom is 0.123 e. The summed E-state index contributed by atoms with van der Waals surface area (Å²) in [6.45, 7) is 6.67. The van der Waals surface area contributed by atoms with Gasteiger partial charge in [0.2, 0.25) is 0 Å². The molecule has 0 N–H and O–H groups in total. The fourth-order valence-corrected chi connectivity index (χ4v) is 4.70. The molecule has 0 saturated heterocycles. The van der Waals surface area contributed by atoms with E-state index >= 15 is 0 Å². The highest BCUT2D eigenvalue weighted by atomic mass is 16.1. The molecule has 0 aliphatic rings. The van der Waals surface area contributed by atoms with Gasteiger partial charge in [0.05, 0.1) is 0 Å². The summed E-state index contributed by atoms with van der Waals surface area (Å²) in [5, 5.41) is 0. The molecule has 0 bridgehead atoms. The van der Waals surface area contributed by atoms with Crippen molar-refractivity contribution >= 4 is 6.29 Å². The van der Waals surface area contributed by atoms with Gasteiger partial charge in [-0.2, -0.15) is 0 Å². The zero-order chi connectivity index (χ0) is 22.1. The van der Waals surface area contributed by atoms with Crippen molar-refractivity contribution in [3.05, 3.63) is 12.2 Å². The third kappa shape index (κ3) is 19.4. The Morgan fingerprint density at radius 3 is 1.53 bits per heavy atom. The molecule has 0 amide bonds. The Morgan fingerprint density at radius 2 is 1.00 bits per heavy atom. The number of aldehydes is 1. The van der Waals surface area contributed by atoms with Gasteiger partial charge in [-0.15, -0.1) is 0 Å². The van der Waals surface area contributed by atoms with E-state index in [-0.39, 0.29) is 0 Å². The van der Waals surface area contributed by atoms with Gasteiger partial charge < -0.3 is 4.79 Å². The first-order valence-corrected chi connectivity index (χ1v) is 13.9. The molecule has 0 saturated carbocycles. The largest absolute Gasteiger partial charge is 0.303 e. The normalized spacial score (nSPS) is 13.7. The molecular formula is C29H56O. The average molecular weight is 421 g/mol. The molecule has 2 unspecified atom stereocenters. The zero-order valence-corrected chi connectivity index (χ0v) is 21.1. The van der Waals surface area contributed by atoms with Crippen molar-refractivity contribution in [1.82, 2.24) is 0 Å². The van der Waals surface area contributed by atoms with E-state index in [2.05, 4.69) is 32.9 Å². The van der Waals surface area contributed by atoms with Gasteiger partial charge >= 0.3 is 0 Å². The number of allylic oxidation sites excluding steroid dienone is 2. The second-order valence-electron chi connectivity index (χ2n) is 9.59. The Bertz CT molecular complexity index is 359. The lowest BCUT2D eigenvalue weighted by Gasteiger charge is -2.23. The predicted molar refractivity (Wildman–Crippen MR) is 136 cm³/mol. The van der Waals surface area contributed by atoms with E-state index in [1.165, 1.54) is 135 Å². The lowest BCUT2D eigenvalue weighted by atomic mass is 9.81. The quantitative estimate of drug-likeness (QED) is 0.0862. The van der Waals surface area contributed by atoms with Crippen molar-refractivity contribution < 1.29 is 4.79 Å². The smallest absolute Gasteiger partial charge is 0.123 e. The van der Waals surface area contributed by atoms with Crippen LogP contribution in [-0.4, -0.2) is 6.29 Å². The van der Waals surface area contributed by atoms with Gasteiger partial charge in [0.25, 0.3) is 0 Å². The summed E-state index contributed by atoms with van der Waals surface area (Å²) in [5.74, 6) is 0.954. The highest BCUT2D eigenvalue weighted by Crippen LogP contribution is 2.28. The van der Waals surface area contributed by atoms with Crippen LogP contribution in [0.25, 0.3) is 0 Å². The predicted octanol–water partition coefficient (Wildman–Crippen LogP) is 10.2. The van der Waals surface area contributed by atoms with E-state index in [1.807, 2.05) is 0 Å². The Morgan fingerprint density at radius 1 is 0.567 bits per heavy atom. The molecular weight excluding hydrogens is 364 g/mol. The molecule has 0 spiro atoms. The maximum absolute atomic E-state index is 11.9. The minimum atomic E-state index is 0.316. The fourth-order valence-electron chi connectivity index (χ4n) is 4.70. The summed E-state index contributed by atoms with van der Waals surface area (Å²) >= 11 is 0. The molecule has 0 aromatic heterocycles. The molecule has 178 valence electrons. The van der Waals surface area contributed by atoms with E-state index in [0.717, 1.165) is 6.42 Å². The molecule has 0 rings (SSSR count). The highest BCUT2D eigenvalue weighted by Gasteiger charge is 2.20. The van der Waals surface area contributed by atoms with Crippen LogP contribution in [0.3, 0.4) is 0 Å². The molecule has 30 heavy (non-hydrogen) atoms. The third-order valence-corrected chi connectivity index (χ3v) is 6.78. The number of carbonyl (C=O) groups excluding carboxylic acids is 1. The second-order valence-corrected chi connectivity index (χ2v) is 9.59. The highest BCUT2D eigenvalue weighted by molar-refractivity contribution is 5.53. The average Bonchev–Trinajstić information content (AvgIpc) is 2.76. The molecule has 0 fully saturated rings. The first-order chi connectivity index (χ1) is 14.8. The number of carbonyl (C=O) groups is 1. The van der Waals surface area contributed by atoms with Crippen LogP contribution in [0.4, 0.5) is 0 Å². The van der Waals surface area contributed by atoms with Gasteiger partial charge in [-0.3, -0.25) is 0 Å². The fraction of sp³-hybridized carbons (Fsp3) is 0.897. The molecule has 0 aromatic carbocycles. The van der Waals surface area contributed by atoms with Crippen molar-refractivity contribution in [3.8, 4) is 0 Å². The van der Waals surface area contributed by atoms with Crippen LogP contribution in [0.5, 0.6) is 0 Å².